The van der Waals surface area contributed by atoms with Gasteiger partial charge in [0, 0.05) is 11.6 Å². The minimum Gasteiger partial charge on any atom is -0.463 e. The number of hydrogen-bond donors (Lipinski definition) is 1. The van der Waals surface area contributed by atoms with Crippen molar-refractivity contribution in [3.8, 4) is 0 Å². The van der Waals surface area contributed by atoms with E-state index in [1.54, 1.807) is 6.92 Å². The summed E-state index contributed by atoms with van der Waals surface area (Å²) in [5.41, 5.74) is 0.396. The third-order valence-electron chi connectivity index (χ3n) is 1.30. The van der Waals surface area contributed by atoms with Crippen molar-refractivity contribution in [3.05, 3.63) is 12.2 Å². The van der Waals surface area contributed by atoms with Gasteiger partial charge in [0.15, 0.2) is 8.32 Å². The van der Waals surface area contributed by atoms with E-state index in [-0.39, 0.29) is 5.97 Å². The van der Waals surface area contributed by atoms with Gasteiger partial charge in [0.1, 0.15) is 0 Å². The molecule has 0 aliphatic heterocycles. The van der Waals surface area contributed by atoms with Crippen LogP contribution in [0.5, 0.6) is 0 Å². The molecule has 0 amide bonds. The number of hydrogen-bond acceptors (Lipinski definition) is 3. The molecule has 3 nitrogen and oxygen atoms in total. The minimum atomic E-state index is -2.07. The Morgan fingerprint density at radius 2 is 2.08 bits per heavy atom. The normalized spacial score (nSPS) is 11.0. The average molecular weight is 188 g/mol. The van der Waals surface area contributed by atoms with E-state index >= 15 is 0 Å². The third-order valence-corrected chi connectivity index (χ3v) is 2.72. The zero-order chi connectivity index (χ0) is 9.78. The molecule has 0 heterocycles. The molecule has 1 N–H and O–H groups in total. The maximum Gasteiger partial charge on any atom is 0.333 e. The highest BCUT2D eigenvalue weighted by Gasteiger charge is 2.17. The lowest BCUT2D eigenvalue weighted by molar-refractivity contribution is -0.138. The Hall–Kier alpha value is -0.613. The largest absolute Gasteiger partial charge is 0.463 e. The molecule has 70 valence electrons. The van der Waals surface area contributed by atoms with Crippen LogP contribution in [0.3, 0.4) is 0 Å². The maximum absolute atomic E-state index is 10.8. The first-order valence-corrected chi connectivity index (χ1v) is 7.03. The van der Waals surface area contributed by atoms with Crippen LogP contribution in [0.25, 0.3) is 0 Å². The lowest BCUT2D eigenvalue weighted by atomic mass is 10.4. The first kappa shape index (κ1) is 11.4. The maximum atomic E-state index is 10.8. The summed E-state index contributed by atoms with van der Waals surface area (Å²) >= 11 is 0. The second kappa shape index (κ2) is 4.42. The smallest absolute Gasteiger partial charge is 0.333 e. The van der Waals surface area contributed by atoms with Gasteiger partial charge in [0.2, 0.25) is 0 Å². The summed E-state index contributed by atoms with van der Waals surface area (Å²) < 4.78 is 4.82. The minimum absolute atomic E-state index is 0.293. The average Bonchev–Trinajstić information content (AvgIpc) is 1.84. The monoisotopic (exact) mass is 188 g/mol. The molecule has 0 aliphatic carbocycles. The van der Waals surface area contributed by atoms with Gasteiger partial charge in [0.25, 0.3) is 0 Å². The molecule has 0 bridgehead atoms. The summed E-state index contributed by atoms with van der Waals surface area (Å²) in [5, 5.41) is 0. The van der Waals surface area contributed by atoms with Gasteiger partial charge in [-0.25, -0.2) is 4.79 Å². The van der Waals surface area contributed by atoms with Crippen LogP contribution in [0.1, 0.15) is 6.92 Å². The summed E-state index contributed by atoms with van der Waals surface area (Å²) in [6.07, 6.45) is 0. The summed E-state index contributed by atoms with van der Waals surface area (Å²) in [7, 11) is -2.07. The zero-order valence-electron chi connectivity index (χ0n) is 7.89. The van der Waals surface area contributed by atoms with Gasteiger partial charge in [-0.15, -0.1) is 0 Å². The second-order valence-corrected chi connectivity index (χ2v) is 7.60. The molecule has 0 unspecified atom stereocenters. The van der Waals surface area contributed by atoms with Crippen molar-refractivity contribution in [1.29, 1.82) is 0 Å². The predicted octanol–water partition coefficient (Wildman–Crippen LogP) is 1.30. The molecule has 0 spiro atoms. The van der Waals surface area contributed by atoms with E-state index in [0.29, 0.717) is 18.2 Å². The highest BCUT2D eigenvalue weighted by atomic mass is 28.4. The summed E-state index contributed by atoms with van der Waals surface area (Å²) in [4.78, 5) is 20.2. The van der Waals surface area contributed by atoms with E-state index in [1.165, 1.54) is 0 Å². The van der Waals surface area contributed by atoms with Crippen molar-refractivity contribution in [3.63, 3.8) is 0 Å². The Bertz CT molecular complexity index is 181. The fourth-order valence-electron chi connectivity index (χ4n) is 0.517. The Kier molecular flexibility index (Phi) is 4.20. The van der Waals surface area contributed by atoms with Crippen molar-refractivity contribution in [2.75, 3.05) is 6.61 Å². The van der Waals surface area contributed by atoms with Crippen molar-refractivity contribution < 1.29 is 14.3 Å². The predicted molar refractivity (Wildman–Crippen MR) is 50.3 cm³/mol. The first-order chi connectivity index (χ1) is 5.33. The van der Waals surface area contributed by atoms with Crippen LogP contribution in [0.4, 0.5) is 0 Å². The lowest BCUT2D eigenvalue weighted by Crippen LogP contribution is -2.27. The fourth-order valence-corrected chi connectivity index (χ4v) is 1.12. The summed E-state index contributed by atoms with van der Waals surface area (Å²) in [6.45, 7) is 8.95. The molecule has 0 aliphatic rings. The Morgan fingerprint density at radius 3 is 2.42 bits per heavy atom. The first-order valence-electron chi connectivity index (χ1n) is 3.88. The Balaban J connectivity index is 3.58. The molecule has 0 atom stereocenters. The quantitative estimate of drug-likeness (QED) is 0.411. The van der Waals surface area contributed by atoms with Crippen molar-refractivity contribution in [2.24, 2.45) is 0 Å². The number of carbonyl (C=O) groups is 1. The fraction of sp³-hybridized carbons (Fsp3) is 0.625. The molecule has 0 rings (SSSR count). The van der Waals surface area contributed by atoms with Crippen molar-refractivity contribution in [2.45, 2.75) is 26.1 Å². The summed E-state index contributed by atoms with van der Waals surface area (Å²) in [6, 6.07) is 0.575. The molecule has 0 saturated heterocycles. The van der Waals surface area contributed by atoms with Crippen LogP contribution in [0.2, 0.25) is 19.1 Å². The van der Waals surface area contributed by atoms with Crippen LogP contribution in [0, 0.1) is 0 Å². The van der Waals surface area contributed by atoms with Crippen LogP contribution >= 0.6 is 0 Å². The van der Waals surface area contributed by atoms with E-state index < -0.39 is 8.32 Å². The van der Waals surface area contributed by atoms with Gasteiger partial charge in [-0.2, -0.15) is 0 Å². The molecule has 0 aromatic heterocycles. The van der Waals surface area contributed by atoms with E-state index in [9.17, 15) is 9.59 Å². The molecule has 0 saturated carbocycles. The van der Waals surface area contributed by atoms with Crippen molar-refractivity contribution in [1.82, 2.24) is 0 Å². The highest BCUT2D eigenvalue weighted by Crippen LogP contribution is 2.04. The van der Waals surface area contributed by atoms with Crippen LogP contribution in [-0.2, 0) is 9.53 Å². The molecular weight excluding hydrogens is 172 g/mol. The van der Waals surface area contributed by atoms with Crippen molar-refractivity contribution >= 4 is 14.3 Å². The molecule has 0 aromatic carbocycles. The second-order valence-electron chi connectivity index (χ2n) is 3.48. The van der Waals surface area contributed by atoms with E-state index in [4.69, 9.17) is 4.74 Å². The van der Waals surface area contributed by atoms with Gasteiger partial charge < -0.3 is 9.53 Å². The van der Waals surface area contributed by atoms with Crippen LogP contribution in [-0.4, -0.2) is 25.7 Å². The van der Waals surface area contributed by atoms with Crippen LogP contribution in [0.15, 0.2) is 12.2 Å². The molecule has 4 heteroatoms. The zero-order valence-corrected chi connectivity index (χ0v) is 8.89. The van der Waals surface area contributed by atoms with Gasteiger partial charge in [-0.3, -0.25) is 0 Å². The molecule has 0 radical (unpaired) electrons. The molecule has 0 fully saturated rings. The van der Waals surface area contributed by atoms with Gasteiger partial charge in [0.05, 0.1) is 6.61 Å². The lowest BCUT2D eigenvalue weighted by Gasteiger charge is -2.13. The van der Waals surface area contributed by atoms with Crippen LogP contribution < -0.4 is 0 Å². The van der Waals surface area contributed by atoms with Gasteiger partial charge in [-0.05, 0) is 20.0 Å². The number of ether oxygens (including phenoxy) is 1. The van der Waals surface area contributed by atoms with E-state index in [1.807, 2.05) is 13.1 Å². The third kappa shape index (κ3) is 6.12. The van der Waals surface area contributed by atoms with E-state index in [0.717, 1.165) is 0 Å². The summed E-state index contributed by atoms with van der Waals surface area (Å²) in [5.74, 6) is -0.381. The number of esters is 1. The van der Waals surface area contributed by atoms with Gasteiger partial charge >= 0.3 is 5.97 Å². The molecular formula is C8H16O3Si. The van der Waals surface area contributed by atoms with E-state index in [2.05, 4.69) is 6.58 Å². The number of carbonyl (C=O) groups excluding carboxylic acids is 1. The SMILES string of the molecule is C=C(C)C(=O)OCC[Si](C)(C)O. The molecule has 12 heavy (non-hydrogen) atoms. The Labute approximate surface area is 74.2 Å². The Morgan fingerprint density at radius 1 is 1.58 bits per heavy atom. The standard InChI is InChI=1S/C8H16O3Si/c1-7(2)8(9)11-5-6-12(3,4)10/h10H,1,5-6H2,2-4H3. The highest BCUT2D eigenvalue weighted by molar-refractivity contribution is 6.69. The molecule has 0 aromatic rings. The topological polar surface area (TPSA) is 46.5 Å². The van der Waals surface area contributed by atoms with Gasteiger partial charge in [-0.1, -0.05) is 6.58 Å². The number of rotatable bonds is 4.